The van der Waals surface area contributed by atoms with Gasteiger partial charge in [-0.1, -0.05) is 11.2 Å². The average Bonchev–Trinajstić information content (AvgIpc) is 2.79. The summed E-state index contributed by atoms with van der Waals surface area (Å²) in [6, 6.07) is 7.75. The monoisotopic (exact) mass is 246 g/mol. The van der Waals surface area contributed by atoms with E-state index in [0.717, 1.165) is 5.69 Å². The molecule has 0 aliphatic rings. The zero-order valence-corrected chi connectivity index (χ0v) is 9.85. The van der Waals surface area contributed by atoms with Crippen LogP contribution >= 0.6 is 11.8 Å². The highest BCUT2D eigenvalue weighted by Crippen LogP contribution is 2.10. The molecule has 0 aliphatic heterocycles. The van der Waals surface area contributed by atoms with Crippen LogP contribution in [0.1, 0.15) is 17.4 Å². The minimum absolute atomic E-state index is 0.429. The van der Waals surface area contributed by atoms with Crippen molar-refractivity contribution >= 4 is 11.8 Å². The van der Waals surface area contributed by atoms with Gasteiger partial charge in [-0.2, -0.15) is 10.2 Å². The number of hydrogen-bond donors (Lipinski definition) is 0. The third kappa shape index (κ3) is 3.57. The van der Waals surface area contributed by atoms with Gasteiger partial charge in [-0.15, -0.1) is 11.8 Å². The van der Waals surface area contributed by atoms with Crippen molar-refractivity contribution in [2.75, 3.05) is 5.75 Å². The second-order valence-corrected chi connectivity index (χ2v) is 4.24. The SMILES string of the molecule is N#CCSCc1nc(Cc2ccccn2)no1. The summed E-state index contributed by atoms with van der Waals surface area (Å²) in [6.45, 7) is 0. The first-order valence-corrected chi connectivity index (χ1v) is 6.20. The van der Waals surface area contributed by atoms with E-state index in [1.54, 1.807) is 6.20 Å². The van der Waals surface area contributed by atoms with Gasteiger partial charge in [0.1, 0.15) is 0 Å². The van der Waals surface area contributed by atoms with E-state index in [1.807, 2.05) is 24.3 Å². The zero-order valence-electron chi connectivity index (χ0n) is 9.04. The smallest absolute Gasteiger partial charge is 0.236 e. The number of hydrogen-bond acceptors (Lipinski definition) is 6. The highest BCUT2D eigenvalue weighted by molar-refractivity contribution is 7.98. The Morgan fingerprint density at radius 2 is 2.35 bits per heavy atom. The lowest BCUT2D eigenvalue weighted by molar-refractivity contribution is 0.385. The van der Waals surface area contributed by atoms with Crippen molar-refractivity contribution in [3.05, 3.63) is 41.8 Å². The Labute approximate surface area is 103 Å². The van der Waals surface area contributed by atoms with Crippen molar-refractivity contribution in [3.63, 3.8) is 0 Å². The molecule has 0 atom stereocenters. The predicted molar refractivity (Wildman–Crippen MR) is 63.1 cm³/mol. The first-order valence-electron chi connectivity index (χ1n) is 5.04. The Bertz CT molecular complexity index is 506. The summed E-state index contributed by atoms with van der Waals surface area (Å²) in [5.41, 5.74) is 0.907. The maximum Gasteiger partial charge on any atom is 0.236 e. The second-order valence-electron chi connectivity index (χ2n) is 3.25. The third-order valence-corrected chi connectivity index (χ3v) is 2.75. The largest absolute Gasteiger partial charge is 0.338 e. The van der Waals surface area contributed by atoms with E-state index in [0.29, 0.717) is 29.6 Å². The number of nitriles is 1. The first kappa shape index (κ1) is 11.6. The highest BCUT2D eigenvalue weighted by atomic mass is 32.2. The summed E-state index contributed by atoms with van der Waals surface area (Å²) in [5.74, 6) is 2.17. The molecule has 0 unspecified atom stereocenters. The van der Waals surface area contributed by atoms with Crippen LogP contribution in [0.25, 0.3) is 0 Å². The number of aromatic nitrogens is 3. The molecule has 2 rings (SSSR count). The fourth-order valence-electron chi connectivity index (χ4n) is 1.27. The van der Waals surface area contributed by atoms with E-state index < -0.39 is 0 Å². The maximum absolute atomic E-state index is 8.40. The van der Waals surface area contributed by atoms with Crippen molar-refractivity contribution in [1.29, 1.82) is 5.26 Å². The topological polar surface area (TPSA) is 75.6 Å². The standard InChI is InChI=1S/C11H10N4OS/c12-4-6-17-8-11-14-10(15-16-11)7-9-3-1-2-5-13-9/h1-3,5H,6-8H2. The van der Waals surface area contributed by atoms with Gasteiger partial charge in [-0.05, 0) is 12.1 Å². The van der Waals surface area contributed by atoms with Gasteiger partial charge in [-0.25, -0.2) is 0 Å². The van der Waals surface area contributed by atoms with Gasteiger partial charge in [0, 0.05) is 11.9 Å². The molecule has 0 aliphatic carbocycles. The summed E-state index contributed by atoms with van der Waals surface area (Å²) in [6.07, 6.45) is 2.30. The lowest BCUT2D eigenvalue weighted by atomic mass is 10.3. The van der Waals surface area contributed by atoms with Gasteiger partial charge >= 0.3 is 0 Å². The van der Waals surface area contributed by atoms with Crippen LogP contribution in [-0.4, -0.2) is 20.9 Å². The Kier molecular flexibility index (Phi) is 4.11. The zero-order chi connectivity index (χ0) is 11.9. The molecule has 17 heavy (non-hydrogen) atoms. The van der Waals surface area contributed by atoms with Gasteiger partial charge in [0.05, 0.1) is 24.0 Å². The summed E-state index contributed by atoms with van der Waals surface area (Å²) < 4.78 is 5.06. The number of thioether (sulfide) groups is 1. The first-order chi connectivity index (χ1) is 8.38. The van der Waals surface area contributed by atoms with Crippen molar-refractivity contribution in [3.8, 4) is 6.07 Å². The van der Waals surface area contributed by atoms with E-state index in [9.17, 15) is 0 Å². The Balaban J connectivity index is 1.93. The van der Waals surface area contributed by atoms with E-state index in [2.05, 4.69) is 15.1 Å². The van der Waals surface area contributed by atoms with E-state index in [4.69, 9.17) is 9.78 Å². The predicted octanol–water partition coefficient (Wildman–Crippen LogP) is 1.81. The van der Waals surface area contributed by atoms with Gasteiger partial charge in [-0.3, -0.25) is 4.98 Å². The molecule has 86 valence electrons. The molecule has 2 heterocycles. The molecule has 0 saturated carbocycles. The molecule has 6 heteroatoms. The lowest BCUT2D eigenvalue weighted by Crippen LogP contribution is -1.93. The number of rotatable bonds is 5. The third-order valence-electron chi connectivity index (χ3n) is 1.97. The van der Waals surface area contributed by atoms with Crippen molar-refractivity contribution < 1.29 is 4.52 Å². The fourth-order valence-corrected chi connectivity index (χ4v) is 1.75. The molecule has 0 amide bonds. The lowest BCUT2D eigenvalue weighted by Gasteiger charge is -1.93. The van der Waals surface area contributed by atoms with E-state index in [-0.39, 0.29) is 0 Å². The summed E-state index contributed by atoms with van der Waals surface area (Å²) >= 11 is 1.45. The van der Waals surface area contributed by atoms with Crippen LogP contribution in [0.4, 0.5) is 0 Å². The molecule has 0 spiro atoms. The van der Waals surface area contributed by atoms with Crippen LogP contribution in [0, 0.1) is 11.3 Å². The van der Waals surface area contributed by atoms with Crippen molar-refractivity contribution in [2.24, 2.45) is 0 Å². The molecule has 2 aromatic rings. The fraction of sp³-hybridized carbons (Fsp3) is 0.273. The Morgan fingerprint density at radius 3 is 3.12 bits per heavy atom. The molecule has 0 aromatic carbocycles. The van der Waals surface area contributed by atoms with E-state index >= 15 is 0 Å². The Morgan fingerprint density at radius 1 is 1.41 bits per heavy atom. The Hall–Kier alpha value is -1.87. The molecular formula is C11H10N4OS. The molecule has 0 saturated heterocycles. The van der Waals surface area contributed by atoms with Crippen LogP contribution in [0.3, 0.4) is 0 Å². The molecule has 2 aromatic heterocycles. The quantitative estimate of drug-likeness (QED) is 0.749. The van der Waals surface area contributed by atoms with Gasteiger partial charge in [0.2, 0.25) is 5.89 Å². The molecular weight excluding hydrogens is 236 g/mol. The number of nitrogens with zero attached hydrogens (tertiary/aromatic N) is 4. The van der Waals surface area contributed by atoms with Crippen LogP contribution in [0.15, 0.2) is 28.9 Å². The molecule has 0 fully saturated rings. The normalized spacial score (nSPS) is 10.1. The van der Waals surface area contributed by atoms with Crippen molar-refractivity contribution in [1.82, 2.24) is 15.1 Å². The maximum atomic E-state index is 8.40. The van der Waals surface area contributed by atoms with Crippen molar-refractivity contribution in [2.45, 2.75) is 12.2 Å². The summed E-state index contributed by atoms with van der Waals surface area (Å²) in [4.78, 5) is 8.42. The van der Waals surface area contributed by atoms with Crippen LogP contribution < -0.4 is 0 Å². The minimum Gasteiger partial charge on any atom is -0.338 e. The minimum atomic E-state index is 0.429. The molecule has 5 nitrogen and oxygen atoms in total. The van der Waals surface area contributed by atoms with E-state index in [1.165, 1.54) is 11.8 Å². The van der Waals surface area contributed by atoms with Gasteiger partial charge < -0.3 is 4.52 Å². The van der Waals surface area contributed by atoms with Gasteiger partial charge in [0.25, 0.3) is 0 Å². The van der Waals surface area contributed by atoms with Crippen LogP contribution in [0.2, 0.25) is 0 Å². The summed E-state index contributed by atoms with van der Waals surface area (Å²) in [7, 11) is 0. The second kappa shape index (κ2) is 6.01. The molecule has 0 radical (unpaired) electrons. The molecule has 0 bridgehead atoms. The van der Waals surface area contributed by atoms with Crippen LogP contribution in [-0.2, 0) is 12.2 Å². The van der Waals surface area contributed by atoms with Gasteiger partial charge in [0.15, 0.2) is 5.82 Å². The van der Waals surface area contributed by atoms with Crippen LogP contribution in [0.5, 0.6) is 0 Å². The summed E-state index contributed by atoms with van der Waals surface area (Å²) in [5, 5.41) is 12.3. The highest BCUT2D eigenvalue weighted by Gasteiger charge is 2.07. The average molecular weight is 246 g/mol. The molecule has 0 N–H and O–H groups in total. The number of pyridine rings is 1.